The number of sulfonamides is 1. The number of nitrogens with zero attached hydrogens (tertiary/aromatic N) is 1. The fourth-order valence-electron chi connectivity index (χ4n) is 3.50. The second-order valence-corrected chi connectivity index (χ2v) is 8.76. The van der Waals surface area contributed by atoms with Gasteiger partial charge in [-0.15, -0.1) is 0 Å². The number of unbranched alkanes of at least 4 members (excludes halogenated alkanes) is 3. The lowest BCUT2D eigenvalue weighted by atomic mass is 10.1. The molecule has 1 fully saturated rings. The Morgan fingerprint density at radius 1 is 0.920 bits per heavy atom. The molecule has 0 amide bonds. The molecule has 25 heavy (non-hydrogen) atoms. The highest BCUT2D eigenvalue weighted by Gasteiger charge is 2.55. The van der Waals surface area contributed by atoms with Gasteiger partial charge in [-0.2, -0.15) is 4.31 Å². The second kappa shape index (κ2) is 7.71. The Morgan fingerprint density at radius 2 is 1.60 bits per heavy atom. The molecule has 3 atom stereocenters. The van der Waals surface area contributed by atoms with E-state index in [0.29, 0.717) is 4.90 Å². The normalized spacial score (nSPS) is 22.7. The quantitative estimate of drug-likeness (QED) is 0.488. The number of hydrogen-bond acceptors (Lipinski definition) is 2. The van der Waals surface area contributed by atoms with Crippen molar-refractivity contribution >= 4 is 10.0 Å². The molecule has 1 unspecified atom stereocenters. The zero-order chi connectivity index (χ0) is 17.9. The van der Waals surface area contributed by atoms with Crippen molar-refractivity contribution < 1.29 is 8.42 Å². The summed E-state index contributed by atoms with van der Waals surface area (Å²) in [7, 11) is -3.44. The van der Waals surface area contributed by atoms with E-state index in [1.807, 2.05) is 49.4 Å². The first-order valence-corrected chi connectivity index (χ1v) is 10.6. The number of rotatable bonds is 8. The van der Waals surface area contributed by atoms with Gasteiger partial charge in [0.1, 0.15) is 0 Å². The van der Waals surface area contributed by atoms with Gasteiger partial charge in [-0.25, -0.2) is 8.42 Å². The molecule has 0 radical (unpaired) electrons. The van der Waals surface area contributed by atoms with E-state index in [1.54, 1.807) is 16.4 Å². The Hall–Kier alpha value is -1.65. The summed E-state index contributed by atoms with van der Waals surface area (Å²) < 4.78 is 27.9. The van der Waals surface area contributed by atoms with Gasteiger partial charge in [-0.3, -0.25) is 0 Å². The summed E-state index contributed by atoms with van der Waals surface area (Å²) in [5, 5.41) is 0. The van der Waals surface area contributed by atoms with Gasteiger partial charge in [0.2, 0.25) is 10.0 Å². The summed E-state index contributed by atoms with van der Waals surface area (Å²) in [6, 6.07) is 17.3. The lowest BCUT2D eigenvalue weighted by Crippen LogP contribution is -2.15. The van der Waals surface area contributed by atoms with Crippen LogP contribution in [0.1, 0.15) is 56.2 Å². The molecule has 134 valence electrons. The van der Waals surface area contributed by atoms with Crippen molar-refractivity contribution in [1.82, 2.24) is 4.31 Å². The molecule has 0 spiro atoms. The average Bonchev–Trinajstić information content (AvgIpc) is 3.35. The summed E-state index contributed by atoms with van der Waals surface area (Å²) in [6.07, 6.45) is 5.60. The van der Waals surface area contributed by atoms with E-state index in [1.165, 1.54) is 19.3 Å². The maximum atomic E-state index is 13.1. The molecule has 3 rings (SSSR count). The van der Waals surface area contributed by atoms with Crippen LogP contribution in [-0.4, -0.2) is 18.8 Å². The van der Waals surface area contributed by atoms with Gasteiger partial charge >= 0.3 is 0 Å². The molecule has 1 aliphatic rings. The highest BCUT2D eigenvalue weighted by Crippen LogP contribution is 2.49. The molecule has 0 N–H and O–H groups in total. The van der Waals surface area contributed by atoms with E-state index >= 15 is 0 Å². The first-order valence-electron chi connectivity index (χ1n) is 9.21. The van der Waals surface area contributed by atoms with Crippen LogP contribution < -0.4 is 0 Å². The van der Waals surface area contributed by atoms with E-state index in [9.17, 15) is 8.42 Å². The second-order valence-electron chi connectivity index (χ2n) is 6.92. The van der Waals surface area contributed by atoms with Gasteiger partial charge in [0.25, 0.3) is 0 Å². The first-order chi connectivity index (χ1) is 12.1. The monoisotopic (exact) mass is 357 g/mol. The average molecular weight is 358 g/mol. The fourth-order valence-corrected chi connectivity index (χ4v) is 5.31. The molecule has 1 saturated heterocycles. The van der Waals surface area contributed by atoms with Crippen LogP contribution in [0.3, 0.4) is 0 Å². The van der Waals surface area contributed by atoms with Crippen molar-refractivity contribution in [2.75, 3.05) is 0 Å². The van der Waals surface area contributed by atoms with Crippen LogP contribution in [0, 0.1) is 6.92 Å². The highest BCUT2D eigenvalue weighted by atomic mass is 32.2. The Kier molecular flexibility index (Phi) is 5.60. The molecule has 4 heteroatoms. The third-order valence-corrected chi connectivity index (χ3v) is 6.89. The number of benzene rings is 2. The van der Waals surface area contributed by atoms with Crippen LogP contribution in [0.4, 0.5) is 0 Å². The summed E-state index contributed by atoms with van der Waals surface area (Å²) in [4.78, 5) is 0.398. The standard InChI is InChI=1S/C21H27NO2S/c1-3-4-5-9-12-20-21(18-10-7-6-8-11-18)22(20)25(23,24)19-15-13-17(2)14-16-19/h6-8,10-11,13-16,20-21H,3-5,9,12H2,1-2H3/t20-,21+,22?/m0/s1. The van der Waals surface area contributed by atoms with E-state index in [0.717, 1.165) is 24.0 Å². The minimum Gasteiger partial charge on any atom is -0.207 e. The Morgan fingerprint density at radius 3 is 2.24 bits per heavy atom. The molecule has 0 bridgehead atoms. The maximum Gasteiger partial charge on any atom is 0.244 e. The van der Waals surface area contributed by atoms with E-state index in [4.69, 9.17) is 0 Å². The number of hydrogen-bond donors (Lipinski definition) is 0. The Balaban J connectivity index is 1.82. The van der Waals surface area contributed by atoms with Crippen LogP contribution in [0.25, 0.3) is 0 Å². The van der Waals surface area contributed by atoms with Crippen LogP contribution in [-0.2, 0) is 10.0 Å². The molecule has 3 nitrogen and oxygen atoms in total. The molecule has 1 heterocycles. The Bertz CT molecular complexity index is 784. The van der Waals surface area contributed by atoms with Crippen molar-refractivity contribution in [1.29, 1.82) is 0 Å². The molecule has 0 aliphatic carbocycles. The molecule has 0 saturated carbocycles. The zero-order valence-electron chi connectivity index (χ0n) is 15.1. The maximum absolute atomic E-state index is 13.1. The minimum atomic E-state index is -3.44. The molecule has 1 aliphatic heterocycles. The highest BCUT2D eigenvalue weighted by molar-refractivity contribution is 7.89. The van der Waals surface area contributed by atoms with Crippen LogP contribution >= 0.6 is 0 Å². The van der Waals surface area contributed by atoms with Crippen molar-refractivity contribution in [2.45, 2.75) is 62.9 Å². The van der Waals surface area contributed by atoms with Gasteiger partial charge < -0.3 is 0 Å². The van der Waals surface area contributed by atoms with Gasteiger partial charge in [0.15, 0.2) is 0 Å². The summed E-state index contributed by atoms with van der Waals surface area (Å²) >= 11 is 0. The molecular weight excluding hydrogens is 330 g/mol. The first kappa shape index (κ1) is 18.2. The molecule has 2 aromatic rings. The largest absolute Gasteiger partial charge is 0.244 e. The van der Waals surface area contributed by atoms with Crippen molar-refractivity contribution in [3.05, 3.63) is 65.7 Å². The third kappa shape index (κ3) is 3.96. The van der Waals surface area contributed by atoms with E-state index < -0.39 is 10.0 Å². The van der Waals surface area contributed by atoms with Crippen LogP contribution in [0.15, 0.2) is 59.5 Å². The predicted octanol–water partition coefficient (Wildman–Crippen LogP) is 5.08. The van der Waals surface area contributed by atoms with Gasteiger partial charge in [-0.05, 0) is 31.0 Å². The SMILES string of the molecule is CCCCCC[C@H]1[C@@H](c2ccccc2)N1S(=O)(=O)c1ccc(C)cc1. The van der Waals surface area contributed by atoms with Gasteiger partial charge in [0, 0.05) is 6.04 Å². The third-order valence-electron chi connectivity index (χ3n) is 4.97. The van der Waals surface area contributed by atoms with Crippen molar-refractivity contribution in [2.24, 2.45) is 0 Å². The van der Waals surface area contributed by atoms with Crippen LogP contribution in [0.5, 0.6) is 0 Å². The van der Waals surface area contributed by atoms with Gasteiger partial charge in [0.05, 0.1) is 10.9 Å². The summed E-state index contributed by atoms with van der Waals surface area (Å²) in [5.74, 6) is 0. The van der Waals surface area contributed by atoms with Crippen molar-refractivity contribution in [3.63, 3.8) is 0 Å². The van der Waals surface area contributed by atoms with Crippen LogP contribution in [0.2, 0.25) is 0 Å². The van der Waals surface area contributed by atoms with Gasteiger partial charge in [-0.1, -0.05) is 80.6 Å². The lowest BCUT2D eigenvalue weighted by molar-refractivity contribution is 0.534. The summed E-state index contributed by atoms with van der Waals surface area (Å²) in [6.45, 7) is 4.16. The van der Waals surface area contributed by atoms with E-state index in [-0.39, 0.29) is 12.1 Å². The lowest BCUT2D eigenvalue weighted by Gasteiger charge is -2.07. The number of aryl methyl sites for hydroxylation is 1. The van der Waals surface area contributed by atoms with E-state index in [2.05, 4.69) is 6.92 Å². The summed E-state index contributed by atoms with van der Waals surface area (Å²) in [5.41, 5.74) is 2.17. The molecule has 2 aromatic carbocycles. The zero-order valence-corrected chi connectivity index (χ0v) is 15.9. The molecule has 0 aromatic heterocycles. The smallest absolute Gasteiger partial charge is 0.207 e. The Labute approximate surface area is 151 Å². The minimum absolute atomic E-state index is 0.0193. The molecular formula is C21H27NO2S. The topological polar surface area (TPSA) is 37.1 Å². The van der Waals surface area contributed by atoms with Crippen molar-refractivity contribution in [3.8, 4) is 0 Å². The fraction of sp³-hybridized carbons (Fsp3) is 0.429. The predicted molar refractivity (Wildman–Crippen MR) is 102 cm³/mol.